The van der Waals surface area contributed by atoms with Crippen LogP contribution < -0.4 is 11.1 Å². The molecule has 0 saturated carbocycles. The predicted molar refractivity (Wildman–Crippen MR) is 71.2 cm³/mol. The number of nitrogens with two attached hydrogens (primary N) is 1. The Kier molecular flexibility index (Phi) is 5.86. The van der Waals surface area contributed by atoms with Crippen LogP contribution in [0.1, 0.15) is 13.3 Å². The molecule has 1 rings (SSSR count). The number of para-hydroxylation sites is 1. The fourth-order valence-corrected chi connectivity index (χ4v) is 2.48. The summed E-state index contributed by atoms with van der Waals surface area (Å²) in [6.07, 6.45) is 0.770. The fraction of sp³-hybridized carbons (Fsp3) is 0.417. The zero-order valence-electron chi connectivity index (χ0n) is 9.89. The quantitative estimate of drug-likeness (QED) is 0.799. The second kappa shape index (κ2) is 7.19. The maximum atomic E-state index is 11.6. The van der Waals surface area contributed by atoms with Crippen LogP contribution in [-0.4, -0.2) is 27.7 Å². The molecule has 2 unspecified atom stereocenters. The summed E-state index contributed by atoms with van der Waals surface area (Å²) >= 11 is 0. The number of hydrogen-bond donors (Lipinski definition) is 2. The lowest BCUT2D eigenvalue weighted by Crippen LogP contribution is -2.30. The Morgan fingerprint density at radius 2 is 2.06 bits per heavy atom. The lowest BCUT2D eigenvalue weighted by atomic mass is 10.3. The number of rotatable bonds is 6. The van der Waals surface area contributed by atoms with Crippen LogP contribution >= 0.6 is 0 Å². The molecule has 0 aliphatic rings. The highest BCUT2D eigenvalue weighted by Gasteiger charge is 2.11. The summed E-state index contributed by atoms with van der Waals surface area (Å²) in [5, 5.41) is 2.69. The lowest BCUT2D eigenvalue weighted by Gasteiger charge is -2.08. The van der Waals surface area contributed by atoms with Gasteiger partial charge in [-0.15, -0.1) is 0 Å². The summed E-state index contributed by atoms with van der Waals surface area (Å²) in [5.41, 5.74) is 6.39. The first kappa shape index (κ1) is 13.9. The first-order valence-electron chi connectivity index (χ1n) is 5.57. The topological polar surface area (TPSA) is 72.2 Å². The van der Waals surface area contributed by atoms with Crippen molar-refractivity contribution in [2.75, 3.05) is 16.8 Å². The molecular weight excluding hydrogens is 236 g/mol. The van der Waals surface area contributed by atoms with Crippen molar-refractivity contribution >= 4 is 22.4 Å². The molecule has 2 atom stereocenters. The van der Waals surface area contributed by atoms with Crippen LogP contribution in [0.25, 0.3) is 0 Å². The van der Waals surface area contributed by atoms with Gasteiger partial charge in [-0.1, -0.05) is 25.1 Å². The summed E-state index contributed by atoms with van der Waals surface area (Å²) in [5.74, 6) is 0.138. The van der Waals surface area contributed by atoms with E-state index in [9.17, 15) is 9.00 Å². The van der Waals surface area contributed by atoms with Crippen molar-refractivity contribution in [3.05, 3.63) is 30.3 Å². The van der Waals surface area contributed by atoms with Crippen LogP contribution in [-0.2, 0) is 15.6 Å². The minimum absolute atomic E-state index is 0.00257. The van der Waals surface area contributed by atoms with E-state index in [1.54, 1.807) is 12.1 Å². The number of amides is 1. The van der Waals surface area contributed by atoms with Gasteiger partial charge in [-0.05, 0) is 18.6 Å². The highest BCUT2D eigenvalue weighted by molar-refractivity contribution is 7.85. The predicted octanol–water partition coefficient (Wildman–Crippen LogP) is 1.11. The first-order valence-corrected chi connectivity index (χ1v) is 7.06. The van der Waals surface area contributed by atoms with Crippen molar-refractivity contribution < 1.29 is 9.00 Å². The van der Waals surface area contributed by atoms with Crippen LogP contribution in [0.5, 0.6) is 0 Å². The molecule has 1 aromatic rings. The molecule has 0 aliphatic carbocycles. The summed E-state index contributed by atoms with van der Waals surface area (Å²) in [6.45, 7) is 1.94. The molecule has 94 valence electrons. The molecule has 1 amide bonds. The van der Waals surface area contributed by atoms with Gasteiger partial charge in [0.25, 0.3) is 0 Å². The van der Waals surface area contributed by atoms with Gasteiger partial charge in [0, 0.05) is 28.3 Å². The Hall–Kier alpha value is -1.20. The number of carbonyl (C=O) groups excluding carboxylic acids is 1. The van der Waals surface area contributed by atoms with Gasteiger partial charge in [-0.3, -0.25) is 9.00 Å². The van der Waals surface area contributed by atoms with Gasteiger partial charge in [0.2, 0.25) is 5.91 Å². The Morgan fingerprint density at radius 1 is 1.41 bits per heavy atom. The maximum absolute atomic E-state index is 11.6. The van der Waals surface area contributed by atoms with Crippen LogP contribution in [0, 0.1) is 0 Å². The molecule has 0 spiro atoms. The SMILES string of the molecule is CCC(N)CS(=O)CC(=O)Nc1ccccc1. The van der Waals surface area contributed by atoms with Crippen molar-refractivity contribution in [2.45, 2.75) is 19.4 Å². The van der Waals surface area contributed by atoms with Crippen LogP contribution in [0.15, 0.2) is 30.3 Å². The van der Waals surface area contributed by atoms with E-state index in [2.05, 4.69) is 5.32 Å². The molecule has 17 heavy (non-hydrogen) atoms. The van der Waals surface area contributed by atoms with Gasteiger partial charge in [0.15, 0.2) is 0 Å². The van der Waals surface area contributed by atoms with Gasteiger partial charge in [-0.2, -0.15) is 0 Å². The van der Waals surface area contributed by atoms with Crippen LogP contribution in [0.3, 0.4) is 0 Å². The van der Waals surface area contributed by atoms with Crippen molar-refractivity contribution in [3.8, 4) is 0 Å². The number of benzene rings is 1. The van der Waals surface area contributed by atoms with Crippen molar-refractivity contribution in [1.29, 1.82) is 0 Å². The largest absolute Gasteiger partial charge is 0.327 e. The van der Waals surface area contributed by atoms with Gasteiger partial charge in [0.1, 0.15) is 5.75 Å². The van der Waals surface area contributed by atoms with E-state index in [1.807, 2.05) is 25.1 Å². The lowest BCUT2D eigenvalue weighted by molar-refractivity contribution is -0.113. The fourth-order valence-electron chi connectivity index (χ4n) is 1.28. The Labute approximate surface area is 104 Å². The molecule has 0 heterocycles. The monoisotopic (exact) mass is 254 g/mol. The van der Waals surface area contributed by atoms with Crippen LogP contribution in [0.2, 0.25) is 0 Å². The molecule has 1 aromatic carbocycles. The third kappa shape index (κ3) is 5.60. The van der Waals surface area contributed by atoms with E-state index in [-0.39, 0.29) is 17.7 Å². The van der Waals surface area contributed by atoms with Crippen molar-refractivity contribution in [3.63, 3.8) is 0 Å². The first-order chi connectivity index (χ1) is 8.11. The summed E-state index contributed by atoms with van der Waals surface area (Å²) in [6, 6.07) is 9.02. The Balaban J connectivity index is 2.37. The standard InChI is InChI=1S/C12H18N2O2S/c1-2-10(13)8-17(16)9-12(15)14-11-6-4-3-5-7-11/h3-7,10H,2,8-9,13H2,1H3,(H,14,15). The molecule has 3 N–H and O–H groups in total. The third-order valence-corrected chi connectivity index (χ3v) is 3.66. The molecule has 0 fully saturated rings. The molecular formula is C12H18N2O2S. The molecule has 0 radical (unpaired) electrons. The summed E-state index contributed by atoms with van der Waals surface area (Å²) in [4.78, 5) is 11.5. The van der Waals surface area contributed by atoms with E-state index >= 15 is 0 Å². The number of hydrogen-bond acceptors (Lipinski definition) is 3. The number of anilines is 1. The van der Waals surface area contributed by atoms with Gasteiger partial charge < -0.3 is 11.1 Å². The van der Waals surface area contributed by atoms with E-state index in [4.69, 9.17) is 5.73 Å². The molecule has 4 nitrogen and oxygen atoms in total. The summed E-state index contributed by atoms with van der Waals surface area (Å²) < 4.78 is 11.6. The van der Waals surface area contributed by atoms with Crippen LogP contribution in [0.4, 0.5) is 5.69 Å². The van der Waals surface area contributed by atoms with Gasteiger partial charge >= 0.3 is 0 Å². The highest BCUT2D eigenvalue weighted by atomic mass is 32.2. The molecule has 0 bridgehead atoms. The zero-order valence-corrected chi connectivity index (χ0v) is 10.7. The molecule has 0 saturated heterocycles. The summed E-state index contributed by atoms with van der Waals surface area (Å²) in [7, 11) is -1.19. The minimum Gasteiger partial charge on any atom is -0.327 e. The van der Waals surface area contributed by atoms with E-state index in [1.165, 1.54) is 0 Å². The Bertz CT molecular complexity index is 381. The zero-order chi connectivity index (χ0) is 12.7. The van der Waals surface area contributed by atoms with E-state index < -0.39 is 10.8 Å². The number of carbonyl (C=O) groups is 1. The van der Waals surface area contributed by atoms with Gasteiger partial charge in [0.05, 0.1) is 0 Å². The average Bonchev–Trinajstić information content (AvgIpc) is 2.29. The maximum Gasteiger partial charge on any atom is 0.236 e. The molecule has 5 heteroatoms. The normalized spacial score (nSPS) is 14.0. The highest BCUT2D eigenvalue weighted by Crippen LogP contribution is 2.04. The minimum atomic E-state index is -1.19. The van der Waals surface area contributed by atoms with Crippen molar-refractivity contribution in [1.82, 2.24) is 0 Å². The van der Waals surface area contributed by atoms with E-state index in [0.29, 0.717) is 11.4 Å². The average molecular weight is 254 g/mol. The second-order valence-electron chi connectivity index (χ2n) is 3.83. The smallest absolute Gasteiger partial charge is 0.236 e. The second-order valence-corrected chi connectivity index (χ2v) is 5.34. The Morgan fingerprint density at radius 3 is 2.65 bits per heavy atom. The molecule has 0 aromatic heterocycles. The van der Waals surface area contributed by atoms with E-state index in [0.717, 1.165) is 6.42 Å². The number of nitrogens with one attached hydrogen (secondary N) is 1. The van der Waals surface area contributed by atoms with Crippen molar-refractivity contribution in [2.24, 2.45) is 5.73 Å². The molecule has 0 aliphatic heterocycles. The van der Waals surface area contributed by atoms with Gasteiger partial charge in [-0.25, -0.2) is 0 Å². The third-order valence-electron chi connectivity index (χ3n) is 2.27.